The van der Waals surface area contributed by atoms with Crippen LogP contribution in [0.25, 0.3) is 0 Å². The molecule has 2 unspecified atom stereocenters. The van der Waals surface area contributed by atoms with Crippen molar-refractivity contribution in [2.24, 2.45) is 11.8 Å². The van der Waals surface area contributed by atoms with Crippen LogP contribution in [0.1, 0.15) is 59.4 Å². The Morgan fingerprint density at radius 3 is 1.47 bits per heavy atom. The largest absolute Gasteiger partial charge is 0.274 e. The molecular formula is C27H23NO2. The molecule has 2 atom stereocenters. The maximum atomic E-state index is 13.8. The minimum absolute atomic E-state index is 0.0443. The first-order chi connectivity index (χ1) is 14.6. The fourth-order valence-corrected chi connectivity index (χ4v) is 6.09. The van der Waals surface area contributed by atoms with Gasteiger partial charge in [-0.15, -0.1) is 0 Å². The fourth-order valence-electron chi connectivity index (χ4n) is 6.09. The van der Waals surface area contributed by atoms with Crippen molar-refractivity contribution in [3.8, 4) is 0 Å². The topological polar surface area (TPSA) is 37.4 Å². The zero-order valence-electron chi connectivity index (χ0n) is 17.1. The van der Waals surface area contributed by atoms with E-state index in [0.717, 1.165) is 11.3 Å². The summed E-state index contributed by atoms with van der Waals surface area (Å²) in [4.78, 5) is 29.2. The number of hydrogen-bond acceptors (Lipinski definition) is 2. The second-order valence-corrected chi connectivity index (χ2v) is 8.99. The van der Waals surface area contributed by atoms with Gasteiger partial charge in [0.2, 0.25) is 11.8 Å². The predicted octanol–water partition coefficient (Wildman–Crippen LogP) is 5.21. The second kappa shape index (κ2) is 6.15. The molecule has 1 fully saturated rings. The summed E-state index contributed by atoms with van der Waals surface area (Å²) in [5, 5.41) is 0. The number of nitrogens with zero attached hydrogens (tertiary/aromatic N) is 1. The van der Waals surface area contributed by atoms with Gasteiger partial charge in [-0.25, -0.2) is 4.90 Å². The van der Waals surface area contributed by atoms with Gasteiger partial charge < -0.3 is 0 Å². The minimum Gasteiger partial charge on any atom is -0.274 e. The molecular weight excluding hydrogens is 370 g/mol. The summed E-state index contributed by atoms with van der Waals surface area (Å²) >= 11 is 0. The van der Waals surface area contributed by atoms with Gasteiger partial charge in [-0.05, 0) is 39.8 Å². The van der Waals surface area contributed by atoms with Crippen LogP contribution in [-0.4, -0.2) is 11.8 Å². The van der Waals surface area contributed by atoms with Gasteiger partial charge in [0, 0.05) is 11.8 Å². The summed E-state index contributed by atoms with van der Waals surface area (Å²) in [6.07, 6.45) is 0. The molecule has 1 heterocycles. The van der Waals surface area contributed by atoms with Crippen molar-refractivity contribution in [1.29, 1.82) is 0 Å². The molecule has 0 N–H and O–H groups in total. The highest BCUT2D eigenvalue weighted by molar-refractivity contribution is 6.23. The van der Waals surface area contributed by atoms with Crippen molar-refractivity contribution >= 4 is 17.5 Å². The number of carbonyl (C=O) groups is 2. The smallest absolute Gasteiger partial charge is 0.238 e. The van der Waals surface area contributed by atoms with Crippen LogP contribution >= 0.6 is 0 Å². The third-order valence-electron chi connectivity index (χ3n) is 7.25. The summed E-state index contributed by atoms with van der Waals surface area (Å²) in [6, 6.07) is 24.6. The van der Waals surface area contributed by atoms with Crippen LogP contribution in [0.5, 0.6) is 0 Å². The Morgan fingerprint density at radius 1 is 0.633 bits per heavy atom. The molecule has 0 spiro atoms. The Bertz CT molecular complexity index is 1100. The summed E-state index contributed by atoms with van der Waals surface area (Å²) in [7, 11) is 0. The highest BCUT2D eigenvalue weighted by atomic mass is 16.2. The molecule has 0 aromatic heterocycles. The van der Waals surface area contributed by atoms with Crippen LogP contribution in [0.15, 0.2) is 72.8 Å². The van der Waals surface area contributed by atoms with E-state index in [0.29, 0.717) is 0 Å². The number of benzene rings is 3. The molecule has 0 radical (unpaired) electrons. The lowest BCUT2D eigenvalue weighted by Gasteiger charge is -2.45. The second-order valence-electron chi connectivity index (χ2n) is 8.99. The molecule has 30 heavy (non-hydrogen) atoms. The van der Waals surface area contributed by atoms with Crippen molar-refractivity contribution in [3.05, 3.63) is 101 Å². The van der Waals surface area contributed by atoms with E-state index in [4.69, 9.17) is 0 Å². The summed E-state index contributed by atoms with van der Waals surface area (Å²) in [6.45, 7) is 4.21. The molecule has 3 aromatic carbocycles. The molecule has 3 aromatic rings. The van der Waals surface area contributed by atoms with E-state index in [2.05, 4.69) is 38.1 Å². The molecule has 3 nitrogen and oxygen atoms in total. The van der Waals surface area contributed by atoms with E-state index < -0.39 is 0 Å². The Balaban J connectivity index is 1.57. The number of imide groups is 1. The highest BCUT2D eigenvalue weighted by Gasteiger charge is 2.61. The Morgan fingerprint density at radius 2 is 1.03 bits per heavy atom. The number of hydrogen-bond donors (Lipinski definition) is 0. The van der Waals surface area contributed by atoms with Gasteiger partial charge in [-0.1, -0.05) is 80.6 Å². The van der Waals surface area contributed by atoms with Crippen molar-refractivity contribution in [2.75, 3.05) is 4.90 Å². The molecule has 3 heteroatoms. The zero-order chi connectivity index (χ0) is 20.6. The number of carbonyl (C=O) groups excluding carboxylic acids is 2. The first-order valence-electron chi connectivity index (χ1n) is 10.7. The molecule has 1 aliphatic heterocycles. The van der Waals surface area contributed by atoms with Gasteiger partial charge in [0.05, 0.1) is 17.5 Å². The summed E-state index contributed by atoms with van der Waals surface area (Å²) < 4.78 is 0. The lowest BCUT2D eigenvalue weighted by Crippen LogP contribution is -2.41. The van der Waals surface area contributed by atoms with Gasteiger partial charge in [0.1, 0.15) is 0 Å². The average Bonchev–Trinajstić information content (AvgIpc) is 3.04. The lowest BCUT2D eigenvalue weighted by atomic mass is 9.55. The van der Waals surface area contributed by atoms with Crippen LogP contribution in [0.3, 0.4) is 0 Å². The molecule has 7 rings (SSSR count). The van der Waals surface area contributed by atoms with Gasteiger partial charge in [0.25, 0.3) is 0 Å². The lowest BCUT2D eigenvalue weighted by molar-refractivity contribution is -0.122. The number of amides is 2. The van der Waals surface area contributed by atoms with Crippen LogP contribution in [0, 0.1) is 11.8 Å². The van der Waals surface area contributed by atoms with E-state index in [1.807, 2.05) is 48.5 Å². The van der Waals surface area contributed by atoms with Gasteiger partial charge in [0.15, 0.2) is 0 Å². The first kappa shape index (κ1) is 17.6. The quantitative estimate of drug-likeness (QED) is 0.561. The SMILES string of the molecule is CC(C)c1ccccc1N1C(=O)C2C3c4ccccc4C(c4ccccc43)C2C1=O. The Labute approximate surface area is 176 Å². The van der Waals surface area contributed by atoms with Gasteiger partial charge >= 0.3 is 0 Å². The van der Waals surface area contributed by atoms with Gasteiger partial charge in [-0.3, -0.25) is 9.59 Å². The average molecular weight is 393 g/mol. The van der Waals surface area contributed by atoms with E-state index in [-0.39, 0.29) is 41.4 Å². The third-order valence-corrected chi connectivity index (χ3v) is 7.25. The molecule has 4 aliphatic rings. The first-order valence-corrected chi connectivity index (χ1v) is 10.7. The maximum Gasteiger partial charge on any atom is 0.238 e. The molecule has 0 saturated carbocycles. The van der Waals surface area contributed by atoms with E-state index in [9.17, 15) is 9.59 Å². The fraction of sp³-hybridized carbons (Fsp3) is 0.259. The monoisotopic (exact) mass is 393 g/mol. The summed E-state index contributed by atoms with van der Waals surface area (Å²) in [5.74, 6) is -0.620. The predicted molar refractivity (Wildman–Crippen MR) is 117 cm³/mol. The van der Waals surface area contributed by atoms with Crippen molar-refractivity contribution < 1.29 is 9.59 Å². The normalized spacial score (nSPS) is 26.0. The number of para-hydroxylation sites is 1. The zero-order valence-corrected chi connectivity index (χ0v) is 17.1. The maximum absolute atomic E-state index is 13.8. The highest BCUT2D eigenvalue weighted by Crippen LogP contribution is 2.61. The third kappa shape index (κ3) is 2.10. The molecule has 3 aliphatic carbocycles. The number of rotatable bonds is 2. The van der Waals surface area contributed by atoms with E-state index >= 15 is 0 Å². The standard InChI is InChI=1S/C27H23NO2/c1-15(2)16-9-7-8-14-21(16)28-26(29)24-22-17-10-3-4-11-18(17)23(25(24)27(28)30)20-13-6-5-12-19(20)22/h3-15,22-25H,1-2H3. The Hall–Kier alpha value is -3.20. The summed E-state index contributed by atoms with van der Waals surface area (Å²) in [5.41, 5.74) is 6.64. The molecule has 2 bridgehead atoms. The molecule has 148 valence electrons. The minimum atomic E-state index is -0.326. The van der Waals surface area contributed by atoms with Crippen LogP contribution < -0.4 is 4.90 Å². The van der Waals surface area contributed by atoms with Crippen molar-refractivity contribution in [1.82, 2.24) is 0 Å². The molecule has 1 saturated heterocycles. The van der Waals surface area contributed by atoms with Gasteiger partial charge in [-0.2, -0.15) is 0 Å². The molecule has 2 amide bonds. The van der Waals surface area contributed by atoms with Crippen LogP contribution in [-0.2, 0) is 9.59 Å². The van der Waals surface area contributed by atoms with Crippen molar-refractivity contribution in [3.63, 3.8) is 0 Å². The van der Waals surface area contributed by atoms with Crippen LogP contribution in [0.2, 0.25) is 0 Å². The Kier molecular flexibility index (Phi) is 3.62. The number of anilines is 1. The van der Waals surface area contributed by atoms with E-state index in [1.54, 1.807) is 0 Å². The van der Waals surface area contributed by atoms with Crippen molar-refractivity contribution in [2.45, 2.75) is 31.6 Å². The van der Waals surface area contributed by atoms with E-state index in [1.165, 1.54) is 27.2 Å². The van der Waals surface area contributed by atoms with Crippen LogP contribution in [0.4, 0.5) is 5.69 Å².